The number of fused-ring (bicyclic) bond motifs is 2. The molecule has 0 bridgehead atoms. The lowest BCUT2D eigenvalue weighted by Crippen LogP contribution is -2.23. The van der Waals surface area contributed by atoms with Crippen molar-refractivity contribution >= 4 is 23.2 Å². The lowest BCUT2D eigenvalue weighted by molar-refractivity contribution is -0.123. The molecule has 0 atom stereocenters. The smallest absolute Gasteiger partial charge is 0.240 e. The van der Waals surface area contributed by atoms with E-state index in [1.54, 1.807) is 0 Å². The van der Waals surface area contributed by atoms with Gasteiger partial charge in [-0.2, -0.15) is 10.2 Å². The van der Waals surface area contributed by atoms with Gasteiger partial charge >= 0.3 is 0 Å². The second kappa shape index (κ2) is 10.8. The molecule has 2 aliphatic carbocycles. The predicted octanol–water partition coefficient (Wildman–Crippen LogP) is 4.26. The Balaban J connectivity index is 1.18. The number of carbonyl (C=O) groups is 2. The fraction of sp³-hybridized carbons (Fsp3) is 0.385. The average molecular weight is 431 g/mol. The fourth-order valence-electron chi connectivity index (χ4n) is 4.38. The molecule has 0 heterocycles. The molecule has 0 aromatic heterocycles. The summed E-state index contributed by atoms with van der Waals surface area (Å²) >= 11 is 0. The Morgan fingerprint density at radius 2 is 1.09 bits per heavy atom. The maximum absolute atomic E-state index is 12.2. The van der Waals surface area contributed by atoms with E-state index in [0.29, 0.717) is 25.7 Å². The van der Waals surface area contributed by atoms with E-state index >= 15 is 0 Å². The van der Waals surface area contributed by atoms with Crippen molar-refractivity contribution in [2.24, 2.45) is 10.2 Å². The fourth-order valence-corrected chi connectivity index (χ4v) is 4.38. The molecular formula is C26H30N4O2. The van der Waals surface area contributed by atoms with E-state index in [0.717, 1.165) is 61.1 Å². The number of nitrogens with one attached hydrogen (secondary N) is 2. The molecule has 2 aromatic carbocycles. The van der Waals surface area contributed by atoms with Crippen molar-refractivity contribution in [3.8, 4) is 0 Å². The van der Waals surface area contributed by atoms with Gasteiger partial charge in [0.15, 0.2) is 0 Å². The summed E-state index contributed by atoms with van der Waals surface area (Å²) in [6, 6.07) is 16.5. The summed E-state index contributed by atoms with van der Waals surface area (Å²) in [5.74, 6) is -0.222. The summed E-state index contributed by atoms with van der Waals surface area (Å²) < 4.78 is 0. The highest BCUT2D eigenvalue weighted by Gasteiger charge is 2.16. The van der Waals surface area contributed by atoms with Crippen LogP contribution in [0.2, 0.25) is 0 Å². The van der Waals surface area contributed by atoms with Crippen LogP contribution in [0.15, 0.2) is 58.7 Å². The van der Waals surface area contributed by atoms with Crippen molar-refractivity contribution < 1.29 is 9.59 Å². The van der Waals surface area contributed by atoms with Gasteiger partial charge < -0.3 is 0 Å². The molecule has 0 radical (unpaired) electrons. The molecule has 0 saturated carbocycles. The van der Waals surface area contributed by atoms with Crippen LogP contribution >= 0.6 is 0 Å². The Labute approximate surface area is 189 Å². The molecule has 6 nitrogen and oxygen atoms in total. The third-order valence-electron chi connectivity index (χ3n) is 6.06. The topological polar surface area (TPSA) is 82.9 Å². The monoisotopic (exact) mass is 430 g/mol. The highest BCUT2D eigenvalue weighted by Crippen LogP contribution is 2.22. The van der Waals surface area contributed by atoms with Crippen molar-refractivity contribution in [1.29, 1.82) is 0 Å². The van der Waals surface area contributed by atoms with E-state index in [4.69, 9.17) is 0 Å². The summed E-state index contributed by atoms with van der Waals surface area (Å²) in [6.45, 7) is 0. The highest BCUT2D eigenvalue weighted by molar-refractivity contribution is 6.03. The Morgan fingerprint density at radius 1 is 0.656 bits per heavy atom. The molecule has 4 rings (SSSR count). The molecule has 6 heteroatoms. The molecule has 0 aliphatic heterocycles. The van der Waals surface area contributed by atoms with E-state index in [1.165, 1.54) is 11.1 Å². The van der Waals surface area contributed by atoms with Gasteiger partial charge in [-0.3, -0.25) is 9.59 Å². The maximum Gasteiger partial charge on any atom is 0.240 e. The first-order valence-corrected chi connectivity index (χ1v) is 11.6. The van der Waals surface area contributed by atoms with Crippen LogP contribution in [0.1, 0.15) is 73.6 Å². The zero-order valence-electron chi connectivity index (χ0n) is 18.4. The summed E-state index contributed by atoms with van der Waals surface area (Å²) in [7, 11) is 0. The molecule has 0 spiro atoms. The second-order valence-corrected chi connectivity index (χ2v) is 8.42. The van der Waals surface area contributed by atoms with Gasteiger partial charge in [-0.15, -0.1) is 0 Å². The van der Waals surface area contributed by atoms with Crippen LogP contribution in [0.3, 0.4) is 0 Å². The average Bonchev–Trinajstić information content (AvgIpc) is 2.84. The number of rotatable bonds is 7. The van der Waals surface area contributed by atoms with Crippen molar-refractivity contribution in [3.63, 3.8) is 0 Å². The SMILES string of the molecule is O=C(CCCCC(=O)NN=C1CCCc2ccccc21)NN=C1CCCc2ccccc21. The number of unbranched alkanes of at least 4 members (excludes halogenated alkanes) is 1. The summed E-state index contributed by atoms with van der Waals surface area (Å²) in [4.78, 5) is 24.3. The lowest BCUT2D eigenvalue weighted by atomic mass is 9.90. The first-order chi connectivity index (χ1) is 15.7. The van der Waals surface area contributed by atoms with Gasteiger partial charge in [0, 0.05) is 24.0 Å². The van der Waals surface area contributed by atoms with E-state index in [-0.39, 0.29) is 11.8 Å². The van der Waals surface area contributed by atoms with E-state index in [2.05, 4.69) is 45.3 Å². The third kappa shape index (κ3) is 5.69. The van der Waals surface area contributed by atoms with E-state index in [9.17, 15) is 9.59 Å². The van der Waals surface area contributed by atoms with Crippen LogP contribution in [-0.4, -0.2) is 23.2 Å². The van der Waals surface area contributed by atoms with Gasteiger partial charge in [0.1, 0.15) is 0 Å². The van der Waals surface area contributed by atoms with Gasteiger partial charge in [-0.05, 0) is 62.5 Å². The highest BCUT2D eigenvalue weighted by atomic mass is 16.2. The first-order valence-electron chi connectivity index (χ1n) is 11.6. The quantitative estimate of drug-likeness (QED) is 0.508. The van der Waals surface area contributed by atoms with Crippen LogP contribution in [0.4, 0.5) is 0 Å². The Kier molecular flexibility index (Phi) is 7.43. The van der Waals surface area contributed by atoms with Crippen molar-refractivity contribution in [1.82, 2.24) is 10.9 Å². The third-order valence-corrected chi connectivity index (χ3v) is 6.06. The summed E-state index contributed by atoms with van der Waals surface area (Å²) in [6.07, 6.45) is 7.97. The number of nitrogens with zero attached hydrogens (tertiary/aromatic N) is 2. The van der Waals surface area contributed by atoms with Crippen molar-refractivity contribution in [2.75, 3.05) is 0 Å². The Hall–Kier alpha value is -3.28. The Morgan fingerprint density at radius 3 is 1.56 bits per heavy atom. The van der Waals surface area contributed by atoms with Crippen LogP contribution in [-0.2, 0) is 22.4 Å². The molecule has 2 aliphatic rings. The summed E-state index contributed by atoms with van der Waals surface area (Å²) in [5, 5.41) is 8.72. The number of benzene rings is 2. The minimum absolute atomic E-state index is 0.111. The lowest BCUT2D eigenvalue weighted by Gasteiger charge is -2.17. The van der Waals surface area contributed by atoms with Crippen LogP contribution in [0, 0.1) is 0 Å². The molecule has 0 fully saturated rings. The van der Waals surface area contributed by atoms with Gasteiger partial charge in [0.25, 0.3) is 0 Å². The van der Waals surface area contributed by atoms with Gasteiger partial charge in [-0.25, -0.2) is 10.9 Å². The second-order valence-electron chi connectivity index (χ2n) is 8.42. The molecule has 0 unspecified atom stereocenters. The van der Waals surface area contributed by atoms with Gasteiger partial charge in [0.2, 0.25) is 11.8 Å². The predicted molar refractivity (Wildman–Crippen MR) is 127 cm³/mol. The molecule has 0 saturated heterocycles. The van der Waals surface area contributed by atoms with Crippen LogP contribution in [0.5, 0.6) is 0 Å². The molecule has 2 aromatic rings. The van der Waals surface area contributed by atoms with Crippen molar-refractivity contribution in [2.45, 2.75) is 64.2 Å². The largest absolute Gasteiger partial charge is 0.273 e. The first kappa shape index (κ1) is 21.9. The maximum atomic E-state index is 12.2. The minimum Gasteiger partial charge on any atom is -0.273 e. The number of carbonyl (C=O) groups excluding carboxylic acids is 2. The normalized spacial score (nSPS) is 17.5. The van der Waals surface area contributed by atoms with Gasteiger partial charge in [-0.1, -0.05) is 48.5 Å². The van der Waals surface area contributed by atoms with Crippen LogP contribution < -0.4 is 10.9 Å². The van der Waals surface area contributed by atoms with E-state index in [1.807, 2.05) is 24.3 Å². The molecule has 2 amide bonds. The number of hydrazone groups is 2. The minimum atomic E-state index is -0.111. The Bertz CT molecular complexity index is 958. The summed E-state index contributed by atoms with van der Waals surface area (Å²) in [5.41, 5.74) is 12.1. The van der Waals surface area contributed by atoms with Crippen molar-refractivity contribution in [3.05, 3.63) is 70.8 Å². The number of hydrogen-bond acceptors (Lipinski definition) is 4. The molecule has 32 heavy (non-hydrogen) atoms. The number of hydrogen-bond donors (Lipinski definition) is 2. The zero-order chi connectivity index (χ0) is 22.2. The van der Waals surface area contributed by atoms with E-state index < -0.39 is 0 Å². The molecular weight excluding hydrogens is 400 g/mol. The molecule has 2 N–H and O–H groups in total. The van der Waals surface area contributed by atoms with Gasteiger partial charge in [0.05, 0.1) is 11.4 Å². The molecule has 166 valence electrons. The number of aryl methyl sites for hydroxylation is 2. The number of amides is 2. The van der Waals surface area contributed by atoms with Crippen LogP contribution in [0.25, 0.3) is 0 Å². The standard InChI is InChI=1S/C26H30N4O2/c31-25(29-27-23-15-7-11-19-9-1-3-13-21(19)23)17-5-6-18-26(32)30-28-24-16-8-12-20-10-2-4-14-22(20)24/h1-4,9-10,13-14H,5-8,11-12,15-18H2,(H,29,31)(H,30,32). The zero-order valence-corrected chi connectivity index (χ0v) is 18.4.